The molecule has 76 valence electrons. The van der Waals surface area contributed by atoms with Gasteiger partial charge in [-0.2, -0.15) is 0 Å². The molecule has 0 aliphatic carbocycles. The SMILES string of the molecule is C=CCC(NN)c1ccc(CC)cc1. The molecule has 0 aliphatic rings. The lowest BCUT2D eigenvalue weighted by Gasteiger charge is -2.14. The molecule has 0 amide bonds. The third kappa shape index (κ3) is 2.69. The van der Waals surface area contributed by atoms with Crippen LogP contribution in [-0.2, 0) is 6.42 Å². The molecule has 0 aliphatic heterocycles. The molecule has 3 N–H and O–H groups in total. The smallest absolute Gasteiger partial charge is 0.0494 e. The first kappa shape index (κ1) is 11.0. The van der Waals surface area contributed by atoms with Crippen molar-refractivity contribution in [2.45, 2.75) is 25.8 Å². The van der Waals surface area contributed by atoms with E-state index in [1.54, 1.807) is 0 Å². The lowest BCUT2D eigenvalue weighted by molar-refractivity contribution is 0.561. The van der Waals surface area contributed by atoms with Crippen LogP contribution < -0.4 is 11.3 Å². The van der Waals surface area contributed by atoms with Gasteiger partial charge in [0.15, 0.2) is 0 Å². The van der Waals surface area contributed by atoms with Gasteiger partial charge in [0.25, 0.3) is 0 Å². The van der Waals surface area contributed by atoms with E-state index in [0.717, 1.165) is 12.8 Å². The highest BCUT2D eigenvalue weighted by atomic mass is 15.2. The van der Waals surface area contributed by atoms with Gasteiger partial charge in [-0.3, -0.25) is 11.3 Å². The van der Waals surface area contributed by atoms with Crippen molar-refractivity contribution in [3.8, 4) is 0 Å². The van der Waals surface area contributed by atoms with Gasteiger partial charge in [0.1, 0.15) is 0 Å². The van der Waals surface area contributed by atoms with Gasteiger partial charge in [-0.05, 0) is 24.0 Å². The molecule has 2 heteroatoms. The molecular formula is C12H18N2. The molecule has 2 nitrogen and oxygen atoms in total. The molecule has 0 aromatic heterocycles. The van der Waals surface area contributed by atoms with Crippen molar-refractivity contribution in [3.63, 3.8) is 0 Å². The van der Waals surface area contributed by atoms with Crippen LogP contribution in [0.4, 0.5) is 0 Å². The molecular weight excluding hydrogens is 172 g/mol. The summed E-state index contributed by atoms with van der Waals surface area (Å²) in [6.45, 7) is 5.86. The maximum Gasteiger partial charge on any atom is 0.0494 e. The molecule has 0 spiro atoms. The van der Waals surface area contributed by atoms with Gasteiger partial charge in [-0.15, -0.1) is 6.58 Å². The molecule has 0 fully saturated rings. The summed E-state index contributed by atoms with van der Waals surface area (Å²) in [6.07, 6.45) is 3.79. The van der Waals surface area contributed by atoms with Crippen LogP contribution >= 0.6 is 0 Å². The lowest BCUT2D eigenvalue weighted by atomic mass is 10.0. The highest BCUT2D eigenvalue weighted by Crippen LogP contribution is 2.16. The Morgan fingerprint density at radius 2 is 2.07 bits per heavy atom. The van der Waals surface area contributed by atoms with Crippen LogP contribution in [0.25, 0.3) is 0 Å². The first-order valence-electron chi connectivity index (χ1n) is 4.97. The number of hydrazine groups is 1. The van der Waals surface area contributed by atoms with Crippen LogP contribution in [0, 0.1) is 0 Å². The van der Waals surface area contributed by atoms with Crippen LogP contribution in [0.2, 0.25) is 0 Å². The number of benzene rings is 1. The average Bonchev–Trinajstić information content (AvgIpc) is 2.26. The number of nitrogens with two attached hydrogens (primary N) is 1. The Morgan fingerprint density at radius 1 is 1.43 bits per heavy atom. The highest BCUT2D eigenvalue weighted by molar-refractivity contribution is 5.25. The summed E-state index contributed by atoms with van der Waals surface area (Å²) in [5, 5.41) is 0. The van der Waals surface area contributed by atoms with Crippen molar-refractivity contribution < 1.29 is 0 Å². The van der Waals surface area contributed by atoms with Crippen LogP contribution in [0.1, 0.15) is 30.5 Å². The molecule has 14 heavy (non-hydrogen) atoms. The zero-order valence-corrected chi connectivity index (χ0v) is 8.66. The summed E-state index contributed by atoms with van der Waals surface area (Å²) in [5.74, 6) is 5.46. The van der Waals surface area contributed by atoms with Gasteiger partial charge in [-0.1, -0.05) is 37.3 Å². The van der Waals surface area contributed by atoms with Crippen LogP contribution in [0.15, 0.2) is 36.9 Å². The maximum atomic E-state index is 5.46. The second kappa shape index (κ2) is 5.58. The Balaban J connectivity index is 2.77. The summed E-state index contributed by atoms with van der Waals surface area (Å²) in [7, 11) is 0. The van der Waals surface area contributed by atoms with Crippen molar-refractivity contribution >= 4 is 0 Å². The standard InChI is InChI=1S/C12H18N2/c1-3-5-12(14-13)11-8-6-10(4-2)7-9-11/h3,6-9,12,14H,1,4-5,13H2,2H3. The minimum Gasteiger partial charge on any atom is -0.271 e. The second-order valence-electron chi connectivity index (χ2n) is 3.34. The zero-order valence-electron chi connectivity index (χ0n) is 8.66. The predicted molar refractivity (Wildman–Crippen MR) is 60.7 cm³/mol. The van der Waals surface area contributed by atoms with Crippen molar-refractivity contribution in [1.82, 2.24) is 5.43 Å². The fraction of sp³-hybridized carbons (Fsp3) is 0.333. The summed E-state index contributed by atoms with van der Waals surface area (Å²) >= 11 is 0. The van der Waals surface area contributed by atoms with Crippen LogP contribution in [0.5, 0.6) is 0 Å². The fourth-order valence-electron chi connectivity index (χ4n) is 1.45. The Bertz CT molecular complexity index is 277. The summed E-state index contributed by atoms with van der Waals surface area (Å²) in [5.41, 5.74) is 5.35. The lowest BCUT2D eigenvalue weighted by Crippen LogP contribution is -2.27. The number of nitrogens with one attached hydrogen (secondary N) is 1. The van der Waals surface area contributed by atoms with Crippen LogP contribution in [-0.4, -0.2) is 0 Å². The van der Waals surface area contributed by atoms with Gasteiger partial charge in [0.05, 0.1) is 0 Å². The molecule has 0 bridgehead atoms. The number of aryl methyl sites for hydroxylation is 1. The van der Waals surface area contributed by atoms with E-state index in [1.165, 1.54) is 11.1 Å². The molecule has 0 saturated carbocycles. The number of hydrogen-bond acceptors (Lipinski definition) is 2. The molecule has 1 rings (SSSR count). The largest absolute Gasteiger partial charge is 0.271 e. The summed E-state index contributed by atoms with van der Waals surface area (Å²) in [6, 6.07) is 8.70. The maximum absolute atomic E-state index is 5.46. The summed E-state index contributed by atoms with van der Waals surface area (Å²) < 4.78 is 0. The van der Waals surface area contributed by atoms with E-state index in [4.69, 9.17) is 5.84 Å². The van der Waals surface area contributed by atoms with Crippen molar-refractivity contribution in [2.24, 2.45) is 5.84 Å². The fourth-order valence-corrected chi connectivity index (χ4v) is 1.45. The third-order valence-electron chi connectivity index (χ3n) is 2.39. The second-order valence-corrected chi connectivity index (χ2v) is 3.34. The quantitative estimate of drug-likeness (QED) is 0.425. The van der Waals surface area contributed by atoms with Crippen LogP contribution in [0.3, 0.4) is 0 Å². The molecule has 0 heterocycles. The number of hydrogen-bond donors (Lipinski definition) is 2. The predicted octanol–water partition coefficient (Wildman–Crippen LogP) is 2.33. The van der Waals surface area contributed by atoms with Gasteiger partial charge < -0.3 is 0 Å². The van der Waals surface area contributed by atoms with Crippen molar-refractivity contribution in [1.29, 1.82) is 0 Å². The third-order valence-corrected chi connectivity index (χ3v) is 2.39. The minimum atomic E-state index is 0.179. The normalized spacial score (nSPS) is 12.4. The van der Waals surface area contributed by atoms with E-state index in [1.807, 2.05) is 6.08 Å². The van der Waals surface area contributed by atoms with Gasteiger partial charge in [0.2, 0.25) is 0 Å². The zero-order chi connectivity index (χ0) is 10.4. The van der Waals surface area contributed by atoms with E-state index in [2.05, 4.69) is 43.2 Å². The van der Waals surface area contributed by atoms with E-state index in [9.17, 15) is 0 Å². The topological polar surface area (TPSA) is 38.0 Å². The first-order chi connectivity index (χ1) is 6.81. The van der Waals surface area contributed by atoms with E-state index in [0.29, 0.717) is 0 Å². The van der Waals surface area contributed by atoms with E-state index < -0.39 is 0 Å². The van der Waals surface area contributed by atoms with Crippen molar-refractivity contribution in [3.05, 3.63) is 48.0 Å². The van der Waals surface area contributed by atoms with Gasteiger partial charge in [0, 0.05) is 6.04 Å². The van der Waals surface area contributed by atoms with E-state index >= 15 is 0 Å². The van der Waals surface area contributed by atoms with E-state index in [-0.39, 0.29) is 6.04 Å². The molecule has 0 saturated heterocycles. The molecule has 1 unspecified atom stereocenters. The van der Waals surface area contributed by atoms with Crippen molar-refractivity contribution in [2.75, 3.05) is 0 Å². The van der Waals surface area contributed by atoms with Gasteiger partial charge >= 0.3 is 0 Å². The average molecular weight is 190 g/mol. The number of rotatable bonds is 5. The Hall–Kier alpha value is -1.12. The monoisotopic (exact) mass is 190 g/mol. The highest BCUT2D eigenvalue weighted by Gasteiger charge is 2.06. The molecule has 1 atom stereocenters. The van der Waals surface area contributed by atoms with Gasteiger partial charge in [-0.25, -0.2) is 0 Å². The molecule has 1 aromatic rings. The first-order valence-corrected chi connectivity index (χ1v) is 4.97. The molecule has 1 aromatic carbocycles. The Labute approximate surface area is 85.8 Å². The molecule has 0 radical (unpaired) electrons. The minimum absolute atomic E-state index is 0.179. The Morgan fingerprint density at radius 3 is 2.50 bits per heavy atom. The summed E-state index contributed by atoms with van der Waals surface area (Å²) in [4.78, 5) is 0. The Kier molecular flexibility index (Phi) is 4.36.